The summed E-state index contributed by atoms with van der Waals surface area (Å²) in [6.07, 6.45) is 5.50. The lowest BCUT2D eigenvalue weighted by Gasteiger charge is -2.50. The number of hydroxylamine groups is 2. The van der Waals surface area contributed by atoms with Gasteiger partial charge in [0.25, 0.3) is 17.4 Å². The number of nitrogens with two attached hydrogens (primary N) is 3. The number of amides is 2. The second-order valence-corrected chi connectivity index (χ2v) is 14.3. The fourth-order valence-corrected chi connectivity index (χ4v) is 6.81. The Balaban J connectivity index is 1.36. The van der Waals surface area contributed by atoms with Gasteiger partial charge in [0.05, 0.1) is 23.8 Å². The van der Waals surface area contributed by atoms with E-state index in [1.807, 2.05) is 12.1 Å². The van der Waals surface area contributed by atoms with Crippen molar-refractivity contribution in [2.24, 2.45) is 16.6 Å². The van der Waals surface area contributed by atoms with Gasteiger partial charge in [0.2, 0.25) is 6.20 Å². The van der Waals surface area contributed by atoms with E-state index in [1.165, 1.54) is 26.2 Å². The van der Waals surface area contributed by atoms with Crippen LogP contribution in [0.1, 0.15) is 51.3 Å². The van der Waals surface area contributed by atoms with Crippen LogP contribution in [0.5, 0.6) is 5.75 Å². The Labute approximate surface area is 299 Å². The molecule has 2 aliphatic rings. The minimum absolute atomic E-state index is 0.0273. The number of aliphatic carboxylic acids is 1. The van der Waals surface area contributed by atoms with E-state index < -0.39 is 58.1 Å². The number of β-lactam (4-membered cyclic amide) rings is 1. The SMILES string of the molecule is CC(O/N=C(\C(=O)N[C@@H]1C(=O)N(OS(=O)O)C1(C)C)c1csc(N)n1)(C(=O)O)C1CCc2cc(-c3cn(CCCN)[n+](CCCN)c3)ccc2O1. The highest BCUT2D eigenvalue weighted by atomic mass is 32.2. The Morgan fingerprint density at radius 1 is 1.27 bits per heavy atom. The standard InChI is InChI=1S/C31H41N9O9S2/c1-30(2)25(27(42)40(30)49-51(45)46)36-26(41)24(21-17-50-29(34)35-21)37-48-31(3,28(43)44)23-9-7-19-14-18(6-8-22(19)47-23)20-15-38(12-4-10-32)39(16-20)13-5-11-33/h6,8,14-17,23,25H,4-5,7,9-13,32-33H2,1-3H3,(H4-,34,35,36,41,43,44,45,46)/p+1/b37-24-/t23?,25-,31?/m1/s1. The molecule has 2 aromatic heterocycles. The van der Waals surface area contributed by atoms with Gasteiger partial charge in [0.1, 0.15) is 17.5 Å². The minimum atomic E-state index is -2.77. The van der Waals surface area contributed by atoms with Crippen molar-refractivity contribution in [3.63, 3.8) is 0 Å². The first-order valence-electron chi connectivity index (χ1n) is 16.1. The van der Waals surface area contributed by atoms with E-state index in [9.17, 15) is 23.7 Å². The van der Waals surface area contributed by atoms with Crippen molar-refractivity contribution >= 4 is 51.3 Å². The molecule has 3 aromatic rings. The number of hydrogen-bond acceptors (Lipinski definition) is 13. The number of carboxylic acid groups (broad SMARTS) is 1. The normalized spacial score (nSPS) is 20.1. The molecule has 0 saturated carbocycles. The summed E-state index contributed by atoms with van der Waals surface area (Å²) in [5, 5.41) is 19.0. The van der Waals surface area contributed by atoms with Gasteiger partial charge in [-0.15, -0.1) is 20.3 Å². The molecule has 0 aliphatic carbocycles. The maximum atomic E-state index is 13.5. The van der Waals surface area contributed by atoms with Crippen LogP contribution in [0, 0.1) is 0 Å². The van der Waals surface area contributed by atoms with Gasteiger partial charge in [-0.2, -0.15) is 14.0 Å². The third-order valence-electron chi connectivity index (χ3n) is 8.86. The third-order valence-corrected chi connectivity index (χ3v) is 9.81. The molecule has 0 spiro atoms. The van der Waals surface area contributed by atoms with Crippen LogP contribution in [-0.2, 0) is 54.4 Å². The number of aromatic nitrogens is 3. The molecule has 276 valence electrons. The average Bonchev–Trinajstić information content (AvgIpc) is 3.72. The molecule has 0 bridgehead atoms. The quantitative estimate of drug-likeness (QED) is 0.0379. The smallest absolute Gasteiger partial charge is 0.354 e. The second-order valence-electron chi connectivity index (χ2n) is 12.8. The number of fused-ring (bicyclic) bond motifs is 1. The van der Waals surface area contributed by atoms with Gasteiger partial charge in [-0.3, -0.25) is 14.1 Å². The van der Waals surface area contributed by atoms with Gasteiger partial charge in [-0.05, 0) is 76.4 Å². The monoisotopic (exact) mass is 748 g/mol. The van der Waals surface area contributed by atoms with E-state index in [1.54, 1.807) is 6.07 Å². The summed E-state index contributed by atoms with van der Waals surface area (Å²) in [6, 6.07) is 4.51. The number of nitrogens with one attached hydrogen (secondary N) is 1. The van der Waals surface area contributed by atoms with Crippen LogP contribution in [0.25, 0.3) is 11.1 Å². The van der Waals surface area contributed by atoms with Crippen LogP contribution in [0.3, 0.4) is 0 Å². The highest BCUT2D eigenvalue weighted by Gasteiger charge is 2.57. The van der Waals surface area contributed by atoms with Gasteiger partial charge in [0, 0.05) is 11.8 Å². The van der Waals surface area contributed by atoms with Crippen molar-refractivity contribution in [1.82, 2.24) is 20.0 Å². The Bertz CT molecular complexity index is 1820. The summed E-state index contributed by atoms with van der Waals surface area (Å²) in [4.78, 5) is 48.6. The molecule has 1 fully saturated rings. The fraction of sp³-hybridized carbons (Fsp3) is 0.484. The van der Waals surface area contributed by atoms with Crippen molar-refractivity contribution in [2.75, 3.05) is 18.8 Å². The van der Waals surface area contributed by atoms with Crippen LogP contribution >= 0.6 is 11.3 Å². The number of carbonyl (C=O) groups is 3. The number of carboxylic acids is 1. The predicted octanol–water partition coefficient (Wildman–Crippen LogP) is 0.311. The van der Waals surface area contributed by atoms with Crippen molar-refractivity contribution in [3.8, 4) is 16.9 Å². The summed E-state index contributed by atoms with van der Waals surface area (Å²) in [6.45, 7) is 6.98. The molecule has 20 heteroatoms. The Hall–Kier alpha value is -4.47. The molecule has 0 radical (unpaired) electrons. The molecule has 51 heavy (non-hydrogen) atoms. The van der Waals surface area contributed by atoms with Crippen LogP contribution in [-0.4, -0.2) is 88.5 Å². The number of nitrogen functional groups attached to an aromatic ring is 1. The van der Waals surface area contributed by atoms with E-state index in [-0.39, 0.29) is 17.2 Å². The first kappa shape index (κ1) is 37.8. The van der Waals surface area contributed by atoms with E-state index >= 15 is 0 Å². The number of thiazole rings is 1. The van der Waals surface area contributed by atoms with E-state index in [0.29, 0.717) is 30.3 Å². The lowest BCUT2D eigenvalue weighted by atomic mass is 9.84. The topological polar surface area (TPSA) is 264 Å². The second kappa shape index (κ2) is 15.4. The van der Waals surface area contributed by atoms with Crippen LogP contribution in [0.15, 0.2) is 41.1 Å². The summed E-state index contributed by atoms with van der Waals surface area (Å²) < 4.78 is 35.3. The molecule has 1 saturated heterocycles. The zero-order valence-electron chi connectivity index (χ0n) is 28.3. The summed E-state index contributed by atoms with van der Waals surface area (Å²) in [7, 11) is 0. The van der Waals surface area contributed by atoms with Crippen molar-refractivity contribution < 1.29 is 46.8 Å². The number of carbonyl (C=O) groups excluding carboxylic acids is 2. The Kier molecular flexibility index (Phi) is 11.4. The molecule has 5 rings (SSSR count). The lowest BCUT2D eigenvalue weighted by Crippen LogP contribution is -2.76. The predicted molar refractivity (Wildman–Crippen MR) is 185 cm³/mol. The van der Waals surface area contributed by atoms with Crippen molar-refractivity contribution in [1.29, 1.82) is 0 Å². The Morgan fingerprint density at radius 3 is 2.65 bits per heavy atom. The molecule has 4 atom stereocenters. The number of hydrogen-bond donors (Lipinski definition) is 6. The number of oxime groups is 1. The van der Waals surface area contributed by atoms with E-state index in [0.717, 1.165) is 54.0 Å². The molecular weight excluding hydrogens is 707 g/mol. The number of rotatable bonds is 16. The maximum Gasteiger partial charge on any atom is 0.354 e. The largest absolute Gasteiger partial charge is 0.485 e. The van der Waals surface area contributed by atoms with Gasteiger partial charge in [-0.1, -0.05) is 11.2 Å². The number of ether oxygens (including phenoxy) is 1. The maximum absolute atomic E-state index is 13.5. The first-order chi connectivity index (χ1) is 24.2. The fourth-order valence-electron chi connectivity index (χ4n) is 5.87. The van der Waals surface area contributed by atoms with Crippen molar-refractivity contribution in [3.05, 3.63) is 47.2 Å². The van der Waals surface area contributed by atoms with E-state index in [4.69, 9.17) is 31.3 Å². The highest BCUT2D eigenvalue weighted by molar-refractivity contribution is 7.74. The highest BCUT2D eigenvalue weighted by Crippen LogP contribution is 2.37. The van der Waals surface area contributed by atoms with Crippen LogP contribution in [0.2, 0.25) is 0 Å². The summed E-state index contributed by atoms with van der Waals surface area (Å²) in [5.41, 5.74) is 16.4. The molecule has 1 aromatic carbocycles. The Morgan fingerprint density at radius 2 is 2.02 bits per heavy atom. The number of nitrogens with zero attached hydrogens (tertiary/aromatic N) is 5. The molecule has 2 aliphatic heterocycles. The lowest BCUT2D eigenvalue weighted by molar-refractivity contribution is -0.775. The van der Waals surface area contributed by atoms with Gasteiger partial charge >= 0.3 is 17.3 Å². The molecule has 4 heterocycles. The molecule has 3 unspecified atom stereocenters. The van der Waals surface area contributed by atoms with Gasteiger partial charge in [-0.25, -0.2) is 9.78 Å². The van der Waals surface area contributed by atoms with Gasteiger partial charge < -0.3 is 37.2 Å². The number of anilines is 1. The summed E-state index contributed by atoms with van der Waals surface area (Å²) >= 11 is -1.77. The number of aryl methyl sites for hydroxylation is 3. The third kappa shape index (κ3) is 7.90. The summed E-state index contributed by atoms with van der Waals surface area (Å²) in [5.74, 6) is -2.64. The minimum Gasteiger partial charge on any atom is -0.485 e. The van der Waals surface area contributed by atoms with Crippen LogP contribution < -0.4 is 31.9 Å². The molecule has 2 amide bonds. The first-order valence-corrected chi connectivity index (χ1v) is 18.1. The number of benzene rings is 1. The molecular formula is C31H42N9O9S2+. The van der Waals surface area contributed by atoms with Crippen LogP contribution in [0.4, 0.5) is 5.13 Å². The zero-order valence-corrected chi connectivity index (χ0v) is 29.9. The van der Waals surface area contributed by atoms with Crippen molar-refractivity contribution in [2.45, 2.75) is 82.8 Å². The molecule has 18 nitrogen and oxygen atoms in total. The van der Waals surface area contributed by atoms with Gasteiger partial charge in [0.15, 0.2) is 23.5 Å². The average molecular weight is 749 g/mol. The zero-order chi connectivity index (χ0) is 37.1. The van der Waals surface area contributed by atoms with E-state index in [2.05, 4.69) is 41.5 Å². The molecule has 9 N–H and O–H groups in total.